The van der Waals surface area contributed by atoms with Crippen LogP contribution in [0.1, 0.15) is 0 Å². The van der Waals surface area contributed by atoms with Crippen LogP contribution in [0.15, 0.2) is 48.5 Å². The Kier molecular flexibility index (Phi) is 7.35. The molecule has 3 rings (SSSR count). The van der Waals surface area contributed by atoms with Gasteiger partial charge in [-0.25, -0.2) is 0 Å². The Morgan fingerprint density at radius 1 is 1.00 bits per heavy atom. The van der Waals surface area contributed by atoms with E-state index in [-0.39, 0.29) is 32.7 Å². The van der Waals surface area contributed by atoms with Crippen LogP contribution in [0.2, 0.25) is 24.7 Å². The summed E-state index contributed by atoms with van der Waals surface area (Å²) in [5, 5.41) is 3.04. The molecule has 0 aliphatic carbocycles. The maximum absolute atomic E-state index is 6.08. The van der Waals surface area contributed by atoms with Crippen molar-refractivity contribution in [1.29, 1.82) is 0 Å². The SMILES string of the molecule is C[Si](C)(C)c1[c-]c2c(Cl)cccc2[nH]1.[Y].[c-]1ccccc1. The summed E-state index contributed by atoms with van der Waals surface area (Å²) in [5.74, 6) is 0. The zero-order chi connectivity index (χ0) is 14.6. The summed E-state index contributed by atoms with van der Waals surface area (Å²) in [6.07, 6.45) is 0. The van der Waals surface area contributed by atoms with E-state index in [9.17, 15) is 0 Å². The summed E-state index contributed by atoms with van der Waals surface area (Å²) in [6, 6.07) is 21.8. The standard InChI is InChI=1S/C11H13ClNSi.C6H5.Y/c1-14(2,3)11-7-8-9(12)5-4-6-10(8)13-11;1-2-4-6-5-3-1;/h4-6,13H,1-3H3;1-5H;/q2*-1;. The smallest absolute Gasteiger partial charge is 0.0802 e. The second-order valence-electron chi connectivity index (χ2n) is 5.61. The van der Waals surface area contributed by atoms with Crippen LogP contribution in [-0.2, 0) is 32.7 Å². The molecule has 0 unspecified atom stereocenters. The van der Waals surface area contributed by atoms with Crippen LogP contribution in [-0.4, -0.2) is 13.1 Å². The van der Waals surface area contributed by atoms with Crippen molar-refractivity contribution in [1.82, 2.24) is 4.98 Å². The third-order valence-corrected chi connectivity index (χ3v) is 4.95. The molecule has 21 heavy (non-hydrogen) atoms. The number of aromatic amines is 1. The van der Waals surface area contributed by atoms with Crippen LogP contribution in [0, 0.1) is 12.1 Å². The molecule has 107 valence electrons. The van der Waals surface area contributed by atoms with Gasteiger partial charge in [0.25, 0.3) is 0 Å². The Morgan fingerprint density at radius 2 is 1.67 bits per heavy atom. The number of aromatic nitrogens is 1. The fourth-order valence-electron chi connectivity index (χ4n) is 1.76. The number of benzene rings is 2. The van der Waals surface area contributed by atoms with E-state index in [2.05, 4.69) is 36.8 Å². The number of hydrogen-bond acceptors (Lipinski definition) is 0. The van der Waals surface area contributed by atoms with Crippen molar-refractivity contribution in [3.05, 3.63) is 65.7 Å². The molecule has 0 bridgehead atoms. The van der Waals surface area contributed by atoms with Crippen molar-refractivity contribution in [3.63, 3.8) is 0 Å². The number of nitrogens with one attached hydrogen (secondary N) is 1. The maximum Gasteiger partial charge on any atom is 0.0802 e. The average Bonchev–Trinajstić information content (AvgIpc) is 2.87. The van der Waals surface area contributed by atoms with Crippen molar-refractivity contribution in [3.8, 4) is 0 Å². The molecule has 0 saturated heterocycles. The van der Waals surface area contributed by atoms with E-state index in [0.29, 0.717) is 0 Å². The van der Waals surface area contributed by atoms with Crippen molar-refractivity contribution in [2.45, 2.75) is 19.6 Å². The van der Waals surface area contributed by atoms with Gasteiger partial charge in [0.05, 0.1) is 8.07 Å². The Labute approximate surface area is 158 Å². The van der Waals surface area contributed by atoms with Gasteiger partial charge in [-0.3, -0.25) is 0 Å². The van der Waals surface area contributed by atoms with Gasteiger partial charge in [0.15, 0.2) is 0 Å². The molecule has 0 aliphatic heterocycles. The molecule has 0 aliphatic rings. The van der Waals surface area contributed by atoms with Crippen LogP contribution in [0.3, 0.4) is 0 Å². The molecule has 0 atom stereocenters. The molecule has 1 N–H and O–H groups in total. The van der Waals surface area contributed by atoms with Gasteiger partial charge in [-0.1, -0.05) is 47.6 Å². The van der Waals surface area contributed by atoms with Crippen LogP contribution >= 0.6 is 11.6 Å². The Bertz CT molecular complexity index is 647. The van der Waals surface area contributed by atoms with Crippen molar-refractivity contribution >= 4 is 35.9 Å². The first-order valence-electron chi connectivity index (χ1n) is 6.59. The minimum atomic E-state index is -1.31. The predicted octanol–water partition coefficient (Wildman–Crippen LogP) is 4.65. The molecule has 3 aromatic rings. The monoisotopic (exact) mass is 388 g/mol. The summed E-state index contributed by atoms with van der Waals surface area (Å²) < 4.78 is 0. The summed E-state index contributed by atoms with van der Waals surface area (Å²) in [5.41, 5.74) is 1.09. The fraction of sp³-hybridized carbons (Fsp3) is 0.176. The van der Waals surface area contributed by atoms with Crippen LogP contribution in [0.4, 0.5) is 0 Å². The zero-order valence-electron chi connectivity index (χ0n) is 12.6. The zero-order valence-corrected chi connectivity index (χ0v) is 17.2. The van der Waals surface area contributed by atoms with E-state index in [4.69, 9.17) is 11.6 Å². The molecule has 0 saturated carbocycles. The molecule has 1 aromatic heterocycles. The largest absolute Gasteiger partial charge is 0.425 e. The summed E-state index contributed by atoms with van der Waals surface area (Å²) in [4.78, 5) is 3.40. The first kappa shape index (κ1) is 18.6. The van der Waals surface area contributed by atoms with Crippen LogP contribution in [0.25, 0.3) is 10.9 Å². The van der Waals surface area contributed by atoms with Gasteiger partial charge >= 0.3 is 0 Å². The Morgan fingerprint density at radius 3 is 2.10 bits per heavy atom. The Hall–Kier alpha value is -0.409. The van der Waals surface area contributed by atoms with Gasteiger partial charge in [-0.05, 0) is 0 Å². The fourth-order valence-corrected chi connectivity index (χ4v) is 2.99. The number of hydrogen-bond donors (Lipinski definition) is 1. The minimum Gasteiger partial charge on any atom is -0.425 e. The van der Waals surface area contributed by atoms with E-state index < -0.39 is 8.07 Å². The maximum atomic E-state index is 6.08. The van der Waals surface area contributed by atoms with Crippen molar-refractivity contribution in [2.75, 3.05) is 0 Å². The number of fused-ring (bicyclic) bond motifs is 1. The van der Waals surface area contributed by atoms with Gasteiger partial charge in [-0.2, -0.15) is 59.5 Å². The van der Waals surface area contributed by atoms with E-state index in [1.54, 1.807) is 0 Å². The van der Waals surface area contributed by atoms with Crippen molar-refractivity contribution < 1.29 is 32.7 Å². The molecule has 1 radical (unpaired) electrons. The molecule has 1 heterocycles. The minimum absolute atomic E-state index is 0. The molecule has 0 fully saturated rings. The number of H-pyrrole nitrogens is 1. The topological polar surface area (TPSA) is 15.8 Å². The average molecular weight is 389 g/mol. The second-order valence-corrected chi connectivity index (χ2v) is 11.0. The van der Waals surface area contributed by atoms with Crippen molar-refractivity contribution in [2.24, 2.45) is 0 Å². The summed E-state index contributed by atoms with van der Waals surface area (Å²) in [7, 11) is -1.31. The molecule has 2 aromatic carbocycles. The molecule has 0 spiro atoms. The number of rotatable bonds is 1. The first-order chi connectivity index (χ1) is 9.48. The van der Waals surface area contributed by atoms with Gasteiger partial charge in [0.2, 0.25) is 0 Å². The molecular formula is C17H18ClNSiY-2. The third kappa shape index (κ3) is 5.37. The van der Waals surface area contributed by atoms with Crippen LogP contribution < -0.4 is 5.32 Å². The van der Waals surface area contributed by atoms with E-state index in [1.807, 2.05) is 48.5 Å². The molecule has 1 nitrogen and oxygen atoms in total. The number of halogens is 1. The van der Waals surface area contributed by atoms with Gasteiger partial charge < -0.3 is 4.98 Å². The predicted molar refractivity (Wildman–Crippen MR) is 90.4 cm³/mol. The quantitative estimate of drug-likeness (QED) is 0.461. The summed E-state index contributed by atoms with van der Waals surface area (Å²) in [6.45, 7) is 6.88. The second kappa shape index (κ2) is 8.28. The van der Waals surface area contributed by atoms with Gasteiger partial charge in [0, 0.05) is 32.7 Å². The van der Waals surface area contributed by atoms with Crippen LogP contribution in [0.5, 0.6) is 0 Å². The summed E-state index contributed by atoms with van der Waals surface area (Å²) >= 11 is 6.08. The Balaban J connectivity index is 0.000000267. The molecular weight excluding hydrogens is 371 g/mol. The van der Waals surface area contributed by atoms with E-state index >= 15 is 0 Å². The van der Waals surface area contributed by atoms with Gasteiger partial charge in [0.1, 0.15) is 0 Å². The molecule has 4 heteroatoms. The van der Waals surface area contributed by atoms with E-state index in [0.717, 1.165) is 15.9 Å². The molecule has 0 amide bonds. The third-order valence-electron chi connectivity index (χ3n) is 2.88. The first-order valence-corrected chi connectivity index (χ1v) is 10.5. The normalized spacial score (nSPS) is 10.5. The van der Waals surface area contributed by atoms with E-state index in [1.165, 1.54) is 5.32 Å². The van der Waals surface area contributed by atoms with Gasteiger partial charge in [-0.15, -0.1) is 6.07 Å².